The maximum Gasteiger partial charge on any atom is 0.337 e. The average molecular weight is 280 g/mol. The Bertz CT molecular complexity index is 867. The zero-order valence-electron chi connectivity index (χ0n) is 11.3. The number of hydrogen-bond acceptors (Lipinski definition) is 4. The van der Waals surface area contributed by atoms with Crippen molar-refractivity contribution in [2.24, 2.45) is 0 Å². The fourth-order valence-corrected chi connectivity index (χ4v) is 2.11. The van der Waals surface area contributed by atoms with Crippen molar-refractivity contribution in [3.05, 3.63) is 64.4 Å². The summed E-state index contributed by atoms with van der Waals surface area (Å²) in [7, 11) is 1.33. The number of aromatic amines is 1. The van der Waals surface area contributed by atoms with Crippen molar-refractivity contribution < 1.29 is 9.53 Å². The van der Waals surface area contributed by atoms with Crippen molar-refractivity contribution in [2.75, 3.05) is 7.11 Å². The highest BCUT2D eigenvalue weighted by Gasteiger charge is 2.08. The van der Waals surface area contributed by atoms with Gasteiger partial charge in [0, 0.05) is 5.56 Å². The first-order valence-electron chi connectivity index (χ1n) is 6.37. The normalized spacial score (nSPS) is 10.5. The zero-order valence-corrected chi connectivity index (χ0v) is 11.3. The van der Waals surface area contributed by atoms with Gasteiger partial charge in [0.2, 0.25) is 0 Å². The molecule has 0 spiro atoms. The first-order chi connectivity index (χ1) is 10.2. The van der Waals surface area contributed by atoms with Crippen LogP contribution in [0.4, 0.5) is 0 Å². The largest absolute Gasteiger partial charge is 0.465 e. The van der Waals surface area contributed by atoms with Crippen LogP contribution < -0.4 is 5.56 Å². The molecule has 0 aliphatic carbocycles. The van der Waals surface area contributed by atoms with Gasteiger partial charge >= 0.3 is 5.97 Å². The highest BCUT2D eigenvalue weighted by molar-refractivity contribution is 5.90. The summed E-state index contributed by atoms with van der Waals surface area (Å²) in [5, 5.41) is 0.549. The maximum absolute atomic E-state index is 12.0. The average Bonchev–Trinajstić information content (AvgIpc) is 2.54. The van der Waals surface area contributed by atoms with E-state index in [4.69, 9.17) is 0 Å². The highest BCUT2D eigenvalue weighted by Crippen LogP contribution is 2.17. The summed E-state index contributed by atoms with van der Waals surface area (Å²) in [6.07, 6.45) is 0. The monoisotopic (exact) mass is 280 g/mol. The van der Waals surface area contributed by atoms with E-state index in [1.54, 1.807) is 42.5 Å². The molecule has 0 fully saturated rings. The number of aromatic nitrogens is 2. The van der Waals surface area contributed by atoms with E-state index in [1.807, 2.05) is 6.07 Å². The molecule has 0 saturated carbocycles. The summed E-state index contributed by atoms with van der Waals surface area (Å²) in [5.74, 6) is 0.0663. The van der Waals surface area contributed by atoms with Gasteiger partial charge < -0.3 is 9.72 Å². The molecule has 3 aromatic rings. The lowest BCUT2D eigenvalue weighted by molar-refractivity contribution is 0.0601. The van der Waals surface area contributed by atoms with Gasteiger partial charge in [0.15, 0.2) is 0 Å². The number of carbonyl (C=O) groups excluding carboxylic acids is 1. The van der Waals surface area contributed by atoms with Gasteiger partial charge in [-0.1, -0.05) is 24.3 Å². The molecule has 5 heteroatoms. The number of nitrogens with zero attached hydrogens (tertiary/aromatic N) is 1. The number of methoxy groups -OCH3 is 1. The van der Waals surface area contributed by atoms with Crippen LogP contribution in [0.25, 0.3) is 22.3 Å². The van der Waals surface area contributed by atoms with Crippen LogP contribution in [-0.2, 0) is 4.74 Å². The molecule has 5 nitrogen and oxygen atoms in total. The quantitative estimate of drug-likeness (QED) is 0.731. The van der Waals surface area contributed by atoms with E-state index in [0.29, 0.717) is 22.3 Å². The second kappa shape index (κ2) is 5.20. The maximum atomic E-state index is 12.0. The van der Waals surface area contributed by atoms with Crippen molar-refractivity contribution >= 4 is 16.9 Å². The molecule has 0 saturated heterocycles. The number of carbonyl (C=O) groups is 1. The third-order valence-corrected chi connectivity index (χ3v) is 3.19. The Hall–Kier alpha value is -2.95. The molecule has 0 bridgehead atoms. The molecule has 0 amide bonds. The molecule has 21 heavy (non-hydrogen) atoms. The Labute approximate surface area is 120 Å². The summed E-state index contributed by atoms with van der Waals surface area (Å²) >= 11 is 0. The molecule has 2 aromatic carbocycles. The molecule has 0 unspecified atom stereocenters. The van der Waals surface area contributed by atoms with Crippen molar-refractivity contribution in [1.82, 2.24) is 9.97 Å². The number of ether oxygens (including phenoxy) is 1. The Kier molecular flexibility index (Phi) is 3.23. The lowest BCUT2D eigenvalue weighted by Gasteiger charge is -2.04. The lowest BCUT2D eigenvalue weighted by Crippen LogP contribution is -2.09. The van der Waals surface area contributed by atoms with Gasteiger partial charge in [0.05, 0.1) is 23.6 Å². The number of nitrogens with one attached hydrogen (secondary N) is 1. The third-order valence-electron chi connectivity index (χ3n) is 3.19. The molecule has 1 aromatic heterocycles. The molecule has 1 heterocycles. The summed E-state index contributed by atoms with van der Waals surface area (Å²) < 4.78 is 4.65. The van der Waals surface area contributed by atoms with Crippen molar-refractivity contribution in [2.45, 2.75) is 0 Å². The van der Waals surface area contributed by atoms with Gasteiger partial charge in [0.1, 0.15) is 5.82 Å². The molecule has 0 aliphatic rings. The van der Waals surface area contributed by atoms with Gasteiger partial charge in [-0.25, -0.2) is 9.78 Å². The fourth-order valence-electron chi connectivity index (χ4n) is 2.11. The van der Waals surface area contributed by atoms with E-state index in [1.165, 1.54) is 7.11 Å². The summed E-state index contributed by atoms with van der Waals surface area (Å²) in [4.78, 5) is 30.6. The fraction of sp³-hybridized carbons (Fsp3) is 0.0625. The summed E-state index contributed by atoms with van der Waals surface area (Å²) in [5.41, 5.74) is 1.62. The van der Waals surface area contributed by atoms with Gasteiger partial charge in [0.25, 0.3) is 5.56 Å². The minimum Gasteiger partial charge on any atom is -0.465 e. The van der Waals surface area contributed by atoms with Crippen LogP contribution in [0, 0.1) is 0 Å². The molecule has 1 N–H and O–H groups in total. The summed E-state index contributed by atoms with van der Waals surface area (Å²) in [6.45, 7) is 0. The smallest absolute Gasteiger partial charge is 0.337 e. The predicted octanol–water partition coefficient (Wildman–Crippen LogP) is 2.38. The number of hydrogen-bond donors (Lipinski definition) is 1. The van der Waals surface area contributed by atoms with Gasteiger partial charge in [-0.3, -0.25) is 4.79 Å². The molecule has 3 rings (SSSR count). The van der Waals surface area contributed by atoms with Crippen LogP contribution in [0.5, 0.6) is 0 Å². The van der Waals surface area contributed by atoms with E-state index < -0.39 is 5.97 Å². The predicted molar refractivity (Wildman–Crippen MR) is 79.1 cm³/mol. The molecular formula is C16H12N2O3. The number of H-pyrrole nitrogens is 1. The SMILES string of the molecule is COC(=O)c1ccc(-c2nc3ccccc3c(=O)[nH]2)cc1. The van der Waals surface area contributed by atoms with Gasteiger partial charge in [-0.05, 0) is 24.3 Å². The highest BCUT2D eigenvalue weighted by atomic mass is 16.5. The Morgan fingerprint density at radius 1 is 1.10 bits per heavy atom. The van der Waals surface area contributed by atoms with Gasteiger partial charge in [-0.2, -0.15) is 0 Å². The second-order valence-electron chi connectivity index (χ2n) is 4.50. The first kappa shape index (κ1) is 13.1. The van der Waals surface area contributed by atoms with Crippen molar-refractivity contribution in [3.8, 4) is 11.4 Å². The van der Waals surface area contributed by atoms with Crippen LogP contribution in [0.1, 0.15) is 10.4 Å². The minimum absolute atomic E-state index is 0.187. The molecule has 0 aliphatic heterocycles. The second-order valence-corrected chi connectivity index (χ2v) is 4.50. The first-order valence-corrected chi connectivity index (χ1v) is 6.37. The standard InChI is InChI=1S/C16H12N2O3/c1-21-16(20)11-8-6-10(7-9-11)14-17-13-5-3-2-4-12(13)15(19)18-14/h2-9H,1H3,(H,17,18,19). The zero-order chi connectivity index (χ0) is 14.8. The minimum atomic E-state index is -0.401. The van der Waals surface area contributed by atoms with E-state index >= 15 is 0 Å². The number of rotatable bonds is 2. The van der Waals surface area contributed by atoms with E-state index in [2.05, 4.69) is 14.7 Å². The molecular weight excluding hydrogens is 268 g/mol. The van der Waals surface area contributed by atoms with Crippen LogP contribution in [0.3, 0.4) is 0 Å². The van der Waals surface area contributed by atoms with E-state index in [0.717, 1.165) is 5.56 Å². The third kappa shape index (κ3) is 2.41. The number of esters is 1. The van der Waals surface area contributed by atoms with Crippen molar-refractivity contribution in [1.29, 1.82) is 0 Å². The Morgan fingerprint density at radius 3 is 2.52 bits per heavy atom. The number of para-hydroxylation sites is 1. The van der Waals surface area contributed by atoms with E-state index in [9.17, 15) is 9.59 Å². The van der Waals surface area contributed by atoms with E-state index in [-0.39, 0.29) is 5.56 Å². The van der Waals surface area contributed by atoms with Crippen LogP contribution >= 0.6 is 0 Å². The van der Waals surface area contributed by atoms with Crippen LogP contribution in [0.2, 0.25) is 0 Å². The number of benzene rings is 2. The number of fused-ring (bicyclic) bond motifs is 1. The molecule has 0 radical (unpaired) electrons. The van der Waals surface area contributed by atoms with Crippen LogP contribution in [-0.4, -0.2) is 23.0 Å². The Balaban J connectivity index is 2.08. The summed E-state index contributed by atoms with van der Waals surface area (Å²) in [6, 6.07) is 13.9. The molecule has 104 valence electrons. The van der Waals surface area contributed by atoms with Crippen LogP contribution in [0.15, 0.2) is 53.3 Å². The topological polar surface area (TPSA) is 72.0 Å². The Morgan fingerprint density at radius 2 is 1.81 bits per heavy atom. The molecule has 0 atom stereocenters. The van der Waals surface area contributed by atoms with Gasteiger partial charge in [-0.15, -0.1) is 0 Å². The van der Waals surface area contributed by atoms with Crippen molar-refractivity contribution in [3.63, 3.8) is 0 Å². The lowest BCUT2D eigenvalue weighted by atomic mass is 10.1.